The first-order chi connectivity index (χ1) is 19.5. The second kappa shape index (κ2) is 10.6. The highest BCUT2D eigenvalue weighted by Crippen LogP contribution is 2.36. The number of nitrogens with zero attached hydrogens (tertiary/aromatic N) is 3. The first-order valence-electron chi connectivity index (χ1n) is 13.1. The first-order valence-corrected chi connectivity index (χ1v) is 13.1. The Balaban J connectivity index is 1.38. The average molecular weight is 535 g/mol. The number of amides is 1. The van der Waals surface area contributed by atoms with Crippen molar-refractivity contribution in [1.29, 1.82) is 0 Å². The number of rotatable bonds is 8. The number of methoxy groups -OCH3 is 1. The van der Waals surface area contributed by atoms with Crippen molar-refractivity contribution in [3.8, 4) is 39.4 Å². The van der Waals surface area contributed by atoms with Crippen LogP contribution in [0.15, 0.2) is 73.3 Å². The van der Waals surface area contributed by atoms with Crippen molar-refractivity contribution in [3.63, 3.8) is 0 Å². The van der Waals surface area contributed by atoms with Crippen LogP contribution in [0.25, 0.3) is 55.4 Å². The van der Waals surface area contributed by atoms with Gasteiger partial charge >= 0.3 is 0 Å². The van der Waals surface area contributed by atoms with Gasteiger partial charge in [0.05, 0.1) is 41.9 Å². The number of H-pyrrole nitrogens is 2. The Hall–Kier alpha value is -5.05. The third-order valence-corrected chi connectivity index (χ3v) is 6.89. The van der Waals surface area contributed by atoms with E-state index in [9.17, 15) is 9.18 Å². The molecule has 6 aromatic rings. The van der Waals surface area contributed by atoms with Crippen LogP contribution in [-0.2, 0) is 4.79 Å². The largest absolute Gasteiger partial charge is 0.497 e. The molecule has 40 heavy (non-hydrogen) atoms. The topological polar surface area (TPSA) is 109 Å². The van der Waals surface area contributed by atoms with E-state index >= 15 is 0 Å². The molecule has 0 aliphatic heterocycles. The van der Waals surface area contributed by atoms with Gasteiger partial charge in [-0.3, -0.25) is 19.9 Å². The molecule has 1 amide bonds. The third-order valence-electron chi connectivity index (χ3n) is 6.89. The molecule has 0 unspecified atom stereocenters. The number of hydrogen-bond donors (Lipinski definition) is 3. The van der Waals surface area contributed by atoms with Gasteiger partial charge in [0.1, 0.15) is 17.3 Å². The van der Waals surface area contributed by atoms with Crippen LogP contribution in [0.1, 0.15) is 26.2 Å². The predicted octanol–water partition coefficient (Wildman–Crippen LogP) is 7.11. The summed E-state index contributed by atoms with van der Waals surface area (Å²) < 4.78 is 19.5. The van der Waals surface area contributed by atoms with Crippen LogP contribution in [0, 0.1) is 5.82 Å². The maximum Gasteiger partial charge on any atom is 0.224 e. The van der Waals surface area contributed by atoms with Crippen molar-refractivity contribution >= 4 is 33.4 Å². The lowest BCUT2D eigenvalue weighted by Gasteiger charge is -2.07. The van der Waals surface area contributed by atoms with E-state index in [0.717, 1.165) is 62.7 Å². The van der Waals surface area contributed by atoms with Crippen LogP contribution in [-0.4, -0.2) is 38.2 Å². The zero-order valence-corrected chi connectivity index (χ0v) is 22.1. The van der Waals surface area contributed by atoms with Crippen LogP contribution in [0.4, 0.5) is 10.1 Å². The fraction of sp³-hybridized carbons (Fsp3) is 0.161. The highest BCUT2D eigenvalue weighted by molar-refractivity contribution is 6.01. The van der Waals surface area contributed by atoms with E-state index in [1.807, 2.05) is 24.3 Å². The number of carbonyl (C=O) groups is 1. The van der Waals surface area contributed by atoms with Crippen molar-refractivity contribution in [3.05, 3.63) is 79.1 Å². The minimum atomic E-state index is -0.382. The zero-order valence-electron chi connectivity index (χ0n) is 22.1. The third kappa shape index (κ3) is 4.89. The minimum Gasteiger partial charge on any atom is -0.497 e. The molecule has 200 valence electrons. The van der Waals surface area contributed by atoms with E-state index in [0.29, 0.717) is 23.4 Å². The van der Waals surface area contributed by atoms with E-state index in [1.54, 1.807) is 30.9 Å². The molecule has 0 atom stereocenters. The Bertz CT molecular complexity index is 1860. The minimum absolute atomic E-state index is 0.0160. The van der Waals surface area contributed by atoms with E-state index < -0.39 is 0 Å². The molecule has 6 rings (SSSR count). The van der Waals surface area contributed by atoms with Gasteiger partial charge in [0.15, 0.2) is 0 Å². The summed E-state index contributed by atoms with van der Waals surface area (Å²) in [6, 6.07) is 14.5. The molecule has 0 bridgehead atoms. The molecule has 0 fully saturated rings. The highest BCUT2D eigenvalue weighted by Gasteiger charge is 2.16. The molecule has 2 aromatic carbocycles. The van der Waals surface area contributed by atoms with Crippen LogP contribution < -0.4 is 10.1 Å². The molecule has 0 saturated carbocycles. The molecule has 4 heterocycles. The van der Waals surface area contributed by atoms with Crippen LogP contribution in [0.3, 0.4) is 0 Å². The van der Waals surface area contributed by atoms with Crippen LogP contribution >= 0.6 is 0 Å². The van der Waals surface area contributed by atoms with Gasteiger partial charge in [-0.25, -0.2) is 4.39 Å². The average Bonchev–Trinajstić information content (AvgIpc) is 3.59. The van der Waals surface area contributed by atoms with E-state index in [1.165, 1.54) is 19.2 Å². The Morgan fingerprint density at radius 1 is 0.925 bits per heavy atom. The van der Waals surface area contributed by atoms with Crippen LogP contribution in [0.5, 0.6) is 5.75 Å². The van der Waals surface area contributed by atoms with Crippen molar-refractivity contribution in [1.82, 2.24) is 25.1 Å². The Labute approximate surface area is 229 Å². The Morgan fingerprint density at radius 3 is 2.65 bits per heavy atom. The number of unbranched alkanes of at least 4 members (excludes halogenated alkanes) is 1. The van der Waals surface area contributed by atoms with E-state index in [4.69, 9.17) is 4.74 Å². The number of benzene rings is 2. The predicted molar refractivity (Wildman–Crippen MR) is 155 cm³/mol. The summed E-state index contributed by atoms with van der Waals surface area (Å²) in [6.45, 7) is 2.06. The summed E-state index contributed by atoms with van der Waals surface area (Å²) in [5, 5.41) is 12.5. The summed E-state index contributed by atoms with van der Waals surface area (Å²) in [7, 11) is 1.51. The lowest BCUT2D eigenvalue weighted by atomic mass is 10.0. The molecule has 0 radical (unpaired) electrons. The maximum absolute atomic E-state index is 14.3. The Kier molecular flexibility index (Phi) is 6.69. The molecule has 4 aromatic heterocycles. The highest BCUT2D eigenvalue weighted by atomic mass is 19.1. The SMILES string of the molecule is CCCCC(=O)Nc1cncc(-c2ccc3[nH]nc(-c4cc5c(-c6cc(F)cc(OC)c6)cncc5[nH]4)c3c2)c1. The second-order valence-electron chi connectivity index (χ2n) is 9.66. The summed E-state index contributed by atoms with van der Waals surface area (Å²) in [5.41, 5.74) is 7.16. The molecule has 0 spiro atoms. The van der Waals surface area contributed by atoms with Crippen LogP contribution in [0.2, 0.25) is 0 Å². The van der Waals surface area contributed by atoms with Gasteiger partial charge in [-0.15, -0.1) is 0 Å². The molecule has 8 nitrogen and oxygen atoms in total. The van der Waals surface area contributed by atoms with E-state index in [-0.39, 0.29) is 11.7 Å². The molecule has 0 saturated heterocycles. The molecule has 0 aliphatic rings. The van der Waals surface area contributed by atoms with Gasteiger partial charge in [-0.1, -0.05) is 19.4 Å². The quantitative estimate of drug-likeness (QED) is 0.193. The van der Waals surface area contributed by atoms with Gasteiger partial charge in [-0.2, -0.15) is 5.10 Å². The number of anilines is 1. The number of fused-ring (bicyclic) bond motifs is 2. The smallest absolute Gasteiger partial charge is 0.224 e. The standard InChI is InChI=1S/C31H27FN6O2/c1-3-4-5-30(39)35-22-9-20(14-33-15-22)18-6-7-27-25(11-18)31(38-37-27)28-13-24-26(16-34-17-29(24)36-28)19-8-21(32)12-23(10-19)40-2/h6-17,36H,3-5H2,1-2H3,(H,35,39)(H,37,38). The molecule has 3 N–H and O–H groups in total. The lowest BCUT2D eigenvalue weighted by Crippen LogP contribution is -2.11. The summed E-state index contributed by atoms with van der Waals surface area (Å²) in [6.07, 6.45) is 9.18. The summed E-state index contributed by atoms with van der Waals surface area (Å²) in [5.74, 6) is 0.0393. The fourth-order valence-corrected chi connectivity index (χ4v) is 4.87. The molecule has 9 heteroatoms. The van der Waals surface area contributed by atoms with Crippen molar-refractivity contribution in [2.75, 3.05) is 12.4 Å². The van der Waals surface area contributed by atoms with Crippen molar-refractivity contribution < 1.29 is 13.9 Å². The van der Waals surface area contributed by atoms with E-state index in [2.05, 4.69) is 43.5 Å². The number of hydrogen-bond acceptors (Lipinski definition) is 5. The van der Waals surface area contributed by atoms with Gasteiger partial charge in [-0.05, 0) is 53.9 Å². The second-order valence-corrected chi connectivity index (χ2v) is 9.66. The monoisotopic (exact) mass is 534 g/mol. The van der Waals surface area contributed by atoms with Gasteiger partial charge in [0.25, 0.3) is 0 Å². The normalized spacial score (nSPS) is 11.3. The molecular formula is C31H27FN6O2. The number of aromatic nitrogens is 5. The zero-order chi connectivity index (χ0) is 27.6. The Morgan fingerprint density at radius 2 is 1.80 bits per heavy atom. The van der Waals surface area contributed by atoms with Gasteiger partial charge in [0.2, 0.25) is 5.91 Å². The molecule has 0 aliphatic carbocycles. The maximum atomic E-state index is 14.3. The summed E-state index contributed by atoms with van der Waals surface area (Å²) >= 11 is 0. The number of nitrogens with one attached hydrogen (secondary N) is 3. The van der Waals surface area contributed by atoms with Crippen molar-refractivity contribution in [2.45, 2.75) is 26.2 Å². The van der Waals surface area contributed by atoms with Crippen molar-refractivity contribution in [2.24, 2.45) is 0 Å². The number of halogens is 1. The summed E-state index contributed by atoms with van der Waals surface area (Å²) in [4.78, 5) is 24.3. The van der Waals surface area contributed by atoms with Gasteiger partial charge in [0, 0.05) is 46.8 Å². The number of carbonyl (C=O) groups excluding carboxylic acids is 1. The number of pyridine rings is 2. The number of ether oxygens (including phenoxy) is 1. The first kappa shape index (κ1) is 25.2. The van der Waals surface area contributed by atoms with Gasteiger partial charge < -0.3 is 15.0 Å². The lowest BCUT2D eigenvalue weighted by molar-refractivity contribution is -0.116. The fourth-order valence-electron chi connectivity index (χ4n) is 4.87. The number of aromatic amines is 2. The molecular weight excluding hydrogens is 507 g/mol.